The molecule has 25 heavy (non-hydrogen) atoms. The molecule has 0 spiro atoms. The van der Waals surface area contributed by atoms with Gasteiger partial charge in [0, 0.05) is 18.1 Å². The number of ketones is 1. The topological polar surface area (TPSA) is 69.7 Å². The summed E-state index contributed by atoms with van der Waals surface area (Å²) in [7, 11) is 0. The third kappa shape index (κ3) is 4.78. The van der Waals surface area contributed by atoms with Crippen LogP contribution in [0.15, 0.2) is 35.9 Å². The summed E-state index contributed by atoms with van der Waals surface area (Å²) in [6, 6.07) is 7.22. The second kappa shape index (κ2) is 7.21. The van der Waals surface area contributed by atoms with Gasteiger partial charge in [-0.05, 0) is 45.8 Å². The predicted molar refractivity (Wildman–Crippen MR) is 93.1 cm³/mol. The average molecular weight is 344 g/mol. The highest BCUT2D eigenvalue weighted by Crippen LogP contribution is 2.30. The van der Waals surface area contributed by atoms with E-state index in [4.69, 9.17) is 9.47 Å². The molecule has 0 amide bonds. The maximum Gasteiger partial charge on any atom is 0.331 e. The highest BCUT2D eigenvalue weighted by molar-refractivity contribution is 6.00. The number of esters is 2. The van der Waals surface area contributed by atoms with Crippen LogP contribution in [0.2, 0.25) is 0 Å². The first-order valence-electron chi connectivity index (χ1n) is 8.32. The summed E-state index contributed by atoms with van der Waals surface area (Å²) >= 11 is 0. The normalized spacial score (nSPS) is 18.4. The summed E-state index contributed by atoms with van der Waals surface area (Å²) < 4.78 is 10.6. The first-order valence-corrected chi connectivity index (χ1v) is 8.32. The van der Waals surface area contributed by atoms with Gasteiger partial charge in [-0.3, -0.25) is 9.59 Å². The SMILES string of the molecule is Cc1ccccc1C(=O)CC(C(=O)OC(C)(C)C)C1=CC(=O)OC1C. The number of hydrogen-bond acceptors (Lipinski definition) is 5. The molecule has 1 heterocycles. The Morgan fingerprint density at radius 3 is 2.40 bits per heavy atom. The molecule has 2 rings (SSSR count). The van der Waals surface area contributed by atoms with E-state index in [1.807, 2.05) is 19.1 Å². The zero-order chi connectivity index (χ0) is 18.8. The number of ether oxygens (including phenoxy) is 2. The maximum absolute atomic E-state index is 12.7. The lowest BCUT2D eigenvalue weighted by atomic mass is 9.88. The molecule has 0 N–H and O–H groups in total. The molecule has 5 nitrogen and oxygen atoms in total. The number of Topliss-reactive ketones (excluding diaryl/α,β-unsaturated/α-hetero) is 1. The molecule has 2 atom stereocenters. The lowest BCUT2D eigenvalue weighted by molar-refractivity contribution is -0.159. The molecule has 5 heteroatoms. The first-order chi connectivity index (χ1) is 11.6. The van der Waals surface area contributed by atoms with E-state index in [9.17, 15) is 14.4 Å². The summed E-state index contributed by atoms with van der Waals surface area (Å²) in [5, 5.41) is 0. The van der Waals surface area contributed by atoms with Crippen molar-refractivity contribution in [3.63, 3.8) is 0 Å². The van der Waals surface area contributed by atoms with E-state index in [2.05, 4.69) is 0 Å². The summed E-state index contributed by atoms with van der Waals surface area (Å²) in [4.78, 5) is 36.9. The van der Waals surface area contributed by atoms with Crippen LogP contribution in [0.4, 0.5) is 0 Å². The molecule has 1 aromatic rings. The monoisotopic (exact) mass is 344 g/mol. The zero-order valence-electron chi connectivity index (χ0n) is 15.3. The van der Waals surface area contributed by atoms with E-state index in [-0.39, 0.29) is 12.2 Å². The van der Waals surface area contributed by atoms with Crippen LogP contribution in [0.3, 0.4) is 0 Å². The van der Waals surface area contributed by atoms with Gasteiger partial charge in [0.05, 0.1) is 5.92 Å². The molecular formula is C20H24O5. The van der Waals surface area contributed by atoms with Gasteiger partial charge in [0.15, 0.2) is 5.78 Å². The summed E-state index contributed by atoms with van der Waals surface area (Å²) in [6.07, 6.45) is 0.687. The van der Waals surface area contributed by atoms with Crippen LogP contribution in [0.1, 0.15) is 50.0 Å². The van der Waals surface area contributed by atoms with Crippen LogP contribution in [0.25, 0.3) is 0 Å². The van der Waals surface area contributed by atoms with E-state index in [0.29, 0.717) is 11.1 Å². The van der Waals surface area contributed by atoms with Crippen molar-refractivity contribution in [3.05, 3.63) is 47.0 Å². The molecule has 0 saturated heterocycles. The number of cyclic esters (lactones) is 1. The number of rotatable bonds is 5. The van der Waals surface area contributed by atoms with Gasteiger partial charge >= 0.3 is 11.9 Å². The van der Waals surface area contributed by atoms with Crippen LogP contribution in [-0.2, 0) is 19.1 Å². The standard InChI is InChI=1S/C20H24O5/c1-12-8-6-7-9-14(12)17(21)10-16(19(23)25-20(3,4)5)15-11-18(22)24-13(15)2/h6-9,11,13,16H,10H2,1-5H3. The second-order valence-electron chi connectivity index (χ2n) is 7.25. The fourth-order valence-electron chi connectivity index (χ4n) is 2.80. The minimum Gasteiger partial charge on any atom is -0.459 e. The molecular weight excluding hydrogens is 320 g/mol. The van der Waals surface area contributed by atoms with Crippen LogP contribution in [-0.4, -0.2) is 29.4 Å². The third-order valence-corrected chi connectivity index (χ3v) is 3.98. The smallest absolute Gasteiger partial charge is 0.331 e. The largest absolute Gasteiger partial charge is 0.459 e. The van der Waals surface area contributed by atoms with Crippen molar-refractivity contribution in [2.45, 2.75) is 52.7 Å². The number of carbonyl (C=O) groups is 3. The van der Waals surface area contributed by atoms with E-state index in [0.717, 1.165) is 5.56 Å². The van der Waals surface area contributed by atoms with Gasteiger partial charge in [-0.25, -0.2) is 4.79 Å². The van der Waals surface area contributed by atoms with E-state index >= 15 is 0 Å². The van der Waals surface area contributed by atoms with Gasteiger partial charge in [0.2, 0.25) is 0 Å². The van der Waals surface area contributed by atoms with Gasteiger partial charge in [-0.1, -0.05) is 24.3 Å². The molecule has 1 aliphatic heterocycles. The third-order valence-electron chi connectivity index (χ3n) is 3.98. The first kappa shape index (κ1) is 18.9. The fraction of sp³-hybridized carbons (Fsp3) is 0.450. The predicted octanol–water partition coefficient (Wildman–Crippen LogP) is 3.40. The fourth-order valence-corrected chi connectivity index (χ4v) is 2.80. The van der Waals surface area contributed by atoms with E-state index < -0.39 is 29.6 Å². The average Bonchev–Trinajstić information content (AvgIpc) is 2.81. The molecule has 2 unspecified atom stereocenters. The van der Waals surface area contributed by atoms with Crippen LogP contribution >= 0.6 is 0 Å². The van der Waals surface area contributed by atoms with Crippen molar-refractivity contribution in [3.8, 4) is 0 Å². The molecule has 0 aromatic heterocycles. The molecule has 0 bridgehead atoms. The number of hydrogen-bond donors (Lipinski definition) is 0. The zero-order valence-corrected chi connectivity index (χ0v) is 15.3. The minimum atomic E-state index is -0.840. The Kier molecular flexibility index (Phi) is 5.45. The number of benzene rings is 1. The van der Waals surface area contributed by atoms with Gasteiger partial charge in [0.1, 0.15) is 11.7 Å². The summed E-state index contributed by atoms with van der Waals surface area (Å²) in [5.74, 6) is -2.03. The van der Waals surface area contributed by atoms with Crippen LogP contribution < -0.4 is 0 Å². The molecule has 0 radical (unpaired) electrons. The lowest BCUT2D eigenvalue weighted by Crippen LogP contribution is -2.32. The summed E-state index contributed by atoms with van der Waals surface area (Å²) in [6.45, 7) is 8.82. The van der Waals surface area contributed by atoms with E-state index in [1.165, 1.54) is 6.08 Å². The highest BCUT2D eigenvalue weighted by Gasteiger charge is 2.37. The quantitative estimate of drug-likeness (QED) is 0.605. The molecule has 0 fully saturated rings. The van der Waals surface area contributed by atoms with Gasteiger partial charge in [-0.15, -0.1) is 0 Å². The van der Waals surface area contributed by atoms with Crippen molar-refractivity contribution in [2.24, 2.45) is 5.92 Å². The van der Waals surface area contributed by atoms with Crippen LogP contribution in [0, 0.1) is 12.8 Å². The number of aryl methyl sites for hydroxylation is 1. The molecule has 134 valence electrons. The summed E-state index contributed by atoms with van der Waals surface area (Å²) in [5.41, 5.74) is 1.21. The highest BCUT2D eigenvalue weighted by atomic mass is 16.6. The van der Waals surface area contributed by atoms with Gasteiger partial charge in [0.25, 0.3) is 0 Å². The van der Waals surface area contributed by atoms with Crippen molar-refractivity contribution >= 4 is 17.7 Å². The van der Waals surface area contributed by atoms with Gasteiger partial charge in [-0.2, -0.15) is 0 Å². The van der Waals surface area contributed by atoms with Crippen LogP contribution in [0.5, 0.6) is 0 Å². The van der Waals surface area contributed by atoms with Crippen molar-refractivity contribution in [1.82, 2.24) is 0 Å². The lowest BCUT2D eigenvalue weighted by Gasteiger charge is -2.25. The Hall–Kier alpha value is -2.43. The van der Waals surface area contributed by atoms with Gasteiger partial charge < -0.3 is 9.47 Å². The molecule has 0 aliphatic carbocycles. The Balaban J connectivity index is 2.30. The number of carbonyl (C=O) groups excluding carboxylic acids is 3. The van der Waals surface area contributed by atoms with E-state index in [1.54, 1.807) is 39.8 Å². The van der Waals surface area contributed by atoms with Crippen molar-refractivity contribution in [2.75, 3.05) is 0 Å². The van der Waals surface area contributed by atoms with Crippen molar-refractivity contribution < 1.29 is 23.9 Å². The minimum absolute atomic E-state index is 0.0629. The Morgan fingerprint density at radius 1 is 1.24 bits per heavy atom. The molecule has 1 aliphatic rings. The maximum atomic E-state index is 12.7. The second-order valence-corrected chi connectivity index (χ2v) is 7.25. The Labute approximate surface area is 148 Å². The van der Waals surface area contributed by atoms with Crippen molar-refractivity contribution in [1.29, 1.82) is 0 Å². The molecule has 0 saturated carbocycles. The Bertz CT molecular complexity index is 724. The Morgan fingerprint density at radius 2 is 1.88 bits per heavy atom. The molecule has 1 aromatic carbocycles.